The third-order valence-corrected chi connectivity index (χ3v) is 3.95. The molecule has 110 valence electrons. The fraction of sp³-hybridized carbons (Fsp3) is 0.857. The molecule has 2 N–H and O–H groups in total. The van der Waals surface area contributed by atoms with E-state index in [2.05, 4.69) is 12.2 Å². The van der Waals surface area contributed by atoms with Crippen molar-refractivity contribution in [2.45, 2.75) is 57.9 Å². The summed E-state index contributed by atoms with van der Waals surface area (Å²) >= 11 is 0. The van der Waals surface area contributed by atoms with Gasteiger partial charge in [-0.3, -0.25) is 4.79 Å². The van der Waals surface area contributed by atoms with E-state index in [9.17, 15) is 9.59 Å². The highest BCUT2D eigenvalue weighted by Gasteiger charge is 2.24. The molecule has 0 unspecified atom stereocenters. The van der Waals surface area contributed by atoms with E-state index in [1.54, 1.807) is 0 Å². The molecule has 0 aliphatic heterocycles. The Labute approximate surface area is 115 Å². The zero-order valence-corrected chi connectivity index (χ0v) is 12.0. The lowest BCUT2D eigenvalue weighted by atomic mass is 9.87. The van der Waals surface area contributed by atoms with Crippen LogP contribution in [0, 0.1) is 5.92 Å². The van der Waals surface area contributed by atoms with Crippen molar-refractivity contribution in [3.63, 3.8) is 0 Å². The van der Waals surface area contributed by atoms with E-state index in [0.29, 0.717) is 25.4 Å². The Morgan fingerprint density at radius 2 is 1.84 bits per heavy atom. The highest BCUT2D eigenvalue weighted by Crippen LogP contribution is 2.26. The first-order chi connectivity index (χ1) is 9.00. The minimum Gasteiger partial charge on any atom is -0.481 e. The fourth-order valence-electron chi connectivity index (χ4n) is 2.52. The first kappa shape index (κ1) is 15.8. The first-order valence-electron chi connectivity index (χ1n) is 7.23. The molecule has 0 saturated heterocycles. The fourth-order valence-corrected chi connectivity index (χ4v) is 2.52. The lowest BCUT2D eigenvalue weighted by molar-refractivity contribution is -0.137. The van der Waals surface area contributed by atoms with Gasteiger partial charge in [0.2, 0.25) is 0 Å². The molecule has 1 aliphatic rings. The van der Waals surface area contributed by atoms with Crippen LogP contribution in [0.3, 0.4) is 0 Å². The van der Waals surface area contributed by atoms with Crippen molar-refractivity contribution in [3.05, 3.63) is 0 Å². The molecule has 5 nitrogen and oxygen atoms in total. The molecule has 0 spiro atoms. The van der Waals surface area contributed by atoms with Crippen LogP contribution in [-0.2, 0) is 4.79 Å². The number of nitrogens with zero attached hydrogens (tertiary/aromatic N) is 1. The molecule has 1 saturated carbocycles. The summed E-state index contributed by atoms with van der Waals surface area (Å²) in [6.07, 6.45) is 6.07. The highest BCUT2D eigenvalue weighted by atomic mass is 16.4. The number of urea groups is 1. The summed E-state index contributed by atoms with van der Waals surface area (Å²) in [7, 11) is 1.85. The van der Waals surface area contributed by atoms with Crippen LogP contribution in [0.1, 0.15) is 51.9 Å². The van der Waals surface area contributed by atoms with E-state index in [0.717, 1.165) is 18.8 Å². The van der Waals surface area contributed by atoms with Crippen LogP contribution in [0.2, 0.25) is 0 Å². The summed E-state index contributed by atoms with van der Waals surface area (Å²) in [5, 5.41) is 11.4. The van der Waals surface area contributed by atoms with Crippen molar-refractivity contribution in [3.8, 4) is 0 Å². The van der Waals surface area contributed by atoms with Gasteiger partial charge >= 0.3 is 12.0 Å². The van der Waals surface area contributed by atoms with E-state index in [1.807, 2.05) is 11.9 Å². The molecule has 5 heteroatoms. The van der Waals surface area contributed by atoms with Gasteiger partial charge in [0.1, 0.15) is 0 Å². The van der Waals surface area contributed by atoms with Gasteiger partial charge in [0.15, 0.2) is 0 Å². The second kappa shape index (κ2) is 8.02. The highest BCUT2D eigenvalue weighted by molar-refractivity contribution is 5.74. The van der Waals surface area contributed by atoms with Crippen LogP contribution < -0.4 is 5.32 Å². The van der Waals surface area contributed by atoms with E-state index < -0.39 is 5.97 Å². The lowest BCUT2D eigenvalue weighted by Crippen LogP contribution is -2.45. The average molecular weight is 270 g/mol. The number of amides is 2. The molecule has 0 aromatic heterocycles. The third kappa shape index (κ3) is 5.94. The molecule has 19 heavy (non-hydrogen) atoms. The molecule has 0 heterocycles. The standard InChI is InChI=1S/C14H26N2O3/c1-11-6-8-12(9-7-11)16(2)14(19)15-10-4-3-5-13(17)18/h11-12H,3-10H2,1-2H3,(H,15,19)(H,17,18). The monoisotopic (exact) mass is 270 g/mol. The summed E-state index contributed by atoms with van der Waals surface area (Å²) in [5.74, 6) is 0.00324. The van der Waals surface area contributed by atoms with Gasteiger partial charge < -0.3 is 15.3 Å². The SMILES string of the molecule is CC1CCC(N(C)C(=O)NCCCCC(=O)O)CC1. The smallest absolute Gasteiger partial charge is 0.317 e. The van der Waals surface area contributed by atoms with E-state index in [4.69, 9.17) is 5.11 Å². The van der Waals surface area contributed by atoms with Crippen LogP contribution >= 0.6 is 0 Å². The molecule has 1 fully saturated rings. The zero-order chi connectivity index (χ0) is 14.3. The number of carbonyl (C=O) groups excluding carboxylic acids is 1. The quantitative estimate of drug-likeness (QED) is 0.728. The van der Waals surface area contributed by atoms with E-state index in [1.165, 1.54) is 12.8 Å². The molecule has 2 amide bonds. The van der Waals surface area contributed by atoms with Crippen molar-refractivity contribution >= 4 is 12.0 Å². The molecule has 1 aliphatic carbocycles. The number of carboxylic acid groups (broad SMARTS) is 1. The molecular weight excluding hydrogens is 244 g/mol. The molecule has 0 radical (unpaired) electrons. The topological polar surface area (TPSA) is 69.6 Å². The lowest BCUT2D eigenvalue weighted by Gasteiger charge is -2.33. The Morgan fingerprint density at radius 3 is 2.42 bits per heavy atom. The Morgan fingerprint density at radius 1 is 1.21 bits per heavy atom. The van der Waals surface area contributed by atoms with Gasteiger partial charge in [-0.05, 0) is 44.4 Å². The van der Waals surface area contributed by atoms with Gasteiger partial charge in [-0.2, -0.15) is 0 Å². The second-order valence-corrected chi connectivity index (χ2v) is 5.61. The predicted octanol–water partition coefficient (Wildman–Crippen LogP) is 2.46. The van der Waals surface area contributed by atoms with Gasteiger partial charge in [0.25, 0.3) is 0 Å². The number of hydrogen-bond donors (Lipinski definition) is 2. The summed E-state index contributed by atoms with van der Waals surface area (Å²) in [4.78, 5) is 24.1. The van der Waals surface area contributed by atoms with Crippen molar-refractivity contribution < 1.29 is 14.7 Å². The minimum absolute atomic E-state index is 0.0325. The minimum atomic E-state index is -0.778. The average Bonchev–Trinajstić information content (AvgIpc) is 2.37. The number of carboxylic acids is 1. The summed E-state index contributed by atoms with van der Waals surface area (Å²) in [6.45, 7) is 2.82. The maximum atomic E-state index is 11.9. The zero-order valence-electron chi connectivity index (χ0n) is 12.0. The maximum absolute atomic E-state index is 11.9. The van der Waals surface area contributed by atoms with Crippen molar-refractivity contribution in [1.82, 2.24) is 10.2 Å². The Kier molecular flexibility index (Phi) is 6.67. The van der Waals surface area contributed by atoms with E-state index >= 15 is 0 Å². The number of carbonyl (C=O) groups is 2. The number of rotatable bonds is 6. The van der Waals surface area contributed by atoms with Gasteiger partial charge in [-0.1, -0.05) is 6.92 Å². The third-order valence-electron chi connectivity index (χ3n) is 3.95. The van der Waals surface area contributed by atoms with E-state index in [-0.39, 0.29) is 12.5 Å². The Bertz CT molecular complexity index is 299. The maximum Gasteiger partial charge on any atom is 0.317 e. The van der Waals surface area contributed by atoms with Crippen LogP contribution in [0.25, 0.3) is 0 Å². The summed E-state index contributed by atoms with van der Waals surface area (Å²) in [5.41, 5.74) is 0. The first-order valence-corrected chi connectivity index (χ1v) is 7.23. The Balaban J connectivity index is 2.16. The summed E-state index contributed by atoms with van der Waals surface area (Å²) in [6, 6.07) is 0.324. The summed E-state index contributed by atoms with van der Waals surface area (Å²) < 4.78 is 0. The number of unbranched alkanes of at least 4 members (excludes halogenated alkanes) is 1. The van der Waals surface area contributed by atoms with Crippen LogP contribution in [-0.4, -0.2) is 41.6 Å². The van der Waals surface area contributed by atoms with Gasteiger partial charge in [0.05, 0.1) is 0 Å². The molecule has 0 bridgehead atoms. The van der Waals surface area contributed by atoms with Crippen LogP contribution in [0.4, 0.5) is 4.79 Å². The normalized spacial score (nSPS) is 22.8. The number of aliphatic carboxylic acids is 1. The molecular formula is C14H26N2O3. The van der Waals surface area contributed by atoms with Crippen molar-refractivity contribution in [2.75, 3.05) is 13.6 Å². The Hall–Kier alpha value is -1.26. The van der Waals surface area contributed by atoms with Crippen molar-refractivity contribution in [2.24, 2.45) is 5.92 Å². The molecule has 0 atom stereocenters. The number of nitrogens with one attached hydrogen (secondary N) is 1. The predicted molar refractivity (Wildman–Crippen MR) is 74.1 cm³/mol. The molecule has 1 rings (SSSR count). The largest absolute Gasteiger partial charge is 0.481 e. The van der Waals surface area contributed by atoms with Crippen LogP contribution in [0.5, 0.6) is 0 Å². The van der Waals surface area contributed by atoms with Gasteiger partial charge in [-0.25, -0.2) is 4.79 Å². The second-order valence-electron chi connectivity index (χ2n) is 5.61. The van der Waals surface area contributed by atoms with Crippen molar-refractivity contribution in [1.29, 1.82) is 0 Å². The van der Waals surface area contributed by atoms with Crippen LogP contribution in [0.15, 0.2) is 0 Å². The van der Waals surface area contributed by atoms with Gasteiger partial charge in [0, 0.05) is 26.1 Å². The van der Waals surface area contributed by atoms with Gasteiger partial charge in [-0.15, -0.1) is 0 Å². The molecule has 0 aromatic rings. The number of hydrogen-bond acceptors (Lipinski definition) is 2. The molecule has 0 aromatic carbocycles.